The van der Waals surface area contributed by atoms with Gasteiger partial charge >= 0.3 is 11.9 Å². The number of carbonyl (C=O) groups is 2. The van der Waals surface area contributed by atoms with Crippen molar-refractivity contribution in [1.29, 1.82) is 0 Å². The molecule has 6 nitrogen and oxygen atoms in total. The van der Waals surface area contributed by atoms with E-state index in [0.29, 0.717) is 12.4 Å². The van der Waals surface area contributed by atoms with Gasteiger partial charge in [-0.1, -0.05) is 86.5 Å². The van der Waals surface area contributed by atoms with Crippen LogP contribution < -0.4 is 9.47 Å². The monoisotopic (exact) mass is 645 g/mol. The van der Waals surface area contributed by atoms with E-state index in [1.165, 1.54) is 51.4 Å². The number of esters is 2. The Labute approximate surface area is 282 Å². The van der Waals surface area contributed by atoms with E-state index in [1.54, 1.807) is 20.8 Å². The Bertz CT molecular complexity index is 1120. The van der Waals surface area contributed by atoms with Crippen LogP contribution in [0.3, 0.4) is 0 Å². The molecule has 264 valence electrons. The molecule has 1 aliphatic rings. The highest BCUT2D eigenvalue weighted by Gasteiger charge is 2.40. The molecule has 0 aromatic heterocycles. The van der Waals surface area contributed by atoms with Crippen molar-refractivity contribution in [3.05, 3.63) is 22.3 Å². The molecule has 0 radical (unpaired) electrons. The number of hydrogen-bond donors (Lipinski definition) is 0. The molecule has 1 aromatic carbocycles. The molecule has 0 spiro atoms. The van der Waals surface area contributed by atoms with Gasteiger partial charge in [-0.3, -0.25) is 9.59 Å². The Balaban J connectivity index is 2.02. The fourth-order valence-electron chi connectivity index (χ4n) is 6.51. The minimum Gasteiger partial charge on any atom is -0.487 e. The van der Waals surface area contributed by atoms with Crippen molar-refractivity contribution in [2.45, 2.75) is 159 Å². The molecule has 2 rings (SSSR count). The molecular formula is C40H68O6. The highest BCUT2D eigenvalue weighted by atomic mass is 16.6. The number of carbonyl (C=O) groups excluding carboxylic acids is 2. The molecule has 1 heterocycles. The topological polar surface area (TPSA) is 71.1 Å². The summed E-state index contributed by atoms with van der Waals surface area (Å²) < 4.78 is 24.0. The number of ether oxygens (including phenoxy) is 4. The standard InChI is InChI=1S/C40H68O6/c1-13-43-25-39(11,26-44-37(41)28(4)5)38(42)45-35-31(8)32(9)36-34(33(35)10)22-24-40(12,46-36)23-16-21-30(7)20-15-19-29(6)18-14-17-27(2)3/h27-30H,13-26H2,1-12H3/t29-,30-,39?,40-/m1/s1. The molecule has 0 saturated heterocycles. The molecule has 1 aliphatic heterocycles. The average Bonchev–Trinajstić information content (AvgIpc) is 2.99. The van der Waals surface area contributed by atoms with E-state index in [0.717, 1.165) is 65.0 Å². The Hall–Kier alpha value is -2.08. The summed E-state index contributed by atoms with van der Waals surface area (Å²) in [6.07, 6.45) is 13.4. The molecule has 1 aromatic rings. The van der Waals surface area contributed by atoms with Gasteiger partial charge in [-0.2, -0.15) is 0 Å². The largest absolute Gasteiger partial charge is 0.487 e. The highest BCUT2D eigenvalue weighted by molar-refractivity contribution is 5.81. The SMILES string of the molecule is CCOCC(C)(COC(=O)C(C)C)C(=O)Oc1c(C)c(C)c2c(c1C)CC[C@@](C)(CCC[C@H](C)CCC[C@H](C)CCCC(C)C)O2. The molecule has 6 heteroatoms. The highest BCUT2D eigenvalue weighted by Crippen LogP contribution is 2.45. The van der Waals surface area contributed by atoms with Gasteiger partial charge in [-0.15, -0.1) is 0 Å². The Morgan fingerprint density at radius 2 is 1.43 bits per heavy atom. The zero-order valence-corrected chi connectivity index (χ0v) is 31.7. The molecule has 46 heavy (non-hydrogen) atoms. The number of benzene rings is 1. The van der Waals surface area contributed by atoms with E-state index < -0.39 is 11.4 Å². The van der Waals surface area contributed by atoms with Gasteiger partial charge in [0.05, 0.1) is 12.5 Å². The van der Waals surface area contributed by atoms with Gasteiger partial charge < -0.3 is 18.9 Å². The van der Waals surface area contributed by atoms with Crippen molar-refractivity contribution in [2.24, 2.45) is 29.1 Å². The van der Waals surface area contributed by atoms with Crippen LogP contribution in [0.1, 0.15) is 149 Å². The molecule has 0 N–H and O–H groups in total. The van der Waals surface area contributed by atoms with Crippen LogP contribution in [0.15, 0.2) is 0 Å². The maximum absolute atomic E-state index is 13.6. The third kappa shape index (κ3) is 11.9. The molecule has 0 bridgehead atoms. The first-order chi connectivity index (χ1) is 21.5. The first-order valence-corrected chi connectivity index (χ1v) is 18.3. The summed E-state index contributed by atoms with van der Waals surface area (Å²) in [6, 6.07) is 0. The molecule has 4 atom stereocenters. The lowest BCUT2D eigenvalue weighted by Crippen LogP contribution is -2.42. The molecule has 0 saturated carbocycles. The van der Waals surface area contributed by atoms with Crippen molar-refractivity contribution < 1.29 is 28.5 Å². The fraction of sp³-hybridized carbons (Fsp3) is 0.800. The van der Waals surface area contributed by atoms with Gasteiger partial charge in [-0.05, 0) is 102 Å². The second-order valence-corrected chi connectivity index (χ2v) is 15.8. The lowest BCUT2D eigenvalue weighted by molar-refractivity contribution is -0.162. The van der Waals surface area contributed by atoms with E-state index >= 15 is 0 Å². The quantitative estimate of drug-likeness (QED) is 0.104. The van der Waals surface area contributed by atoms with Gasteiger partial charge in [0.1, 0.15) is 29.1 Å². The second-order valence-electron chi connectivity index (χ2n) is 15.8. The summed E-state index contributed by atoms with van der Waals surface area (Å²) in [4.78, 5) is 25.8. The van der Waals surface area contributed by atoms with Crippen LogP contribution in [0.2, 0.25) is 0 Å². The number of hydrogen-bond acceptors (Lipinski definition) is 6. The molecule has 0 amide bonds. The predicted octanol–water partition coefficient (Wildman–Crippen LogP) is 10.3. The summed E-state index contributed by atoms with van der Waals surface area (Å²) >= 11 is 0. The summed E-state index contributed by atoms with van der Waals surface area (Å²) in [7, 11) is 0. The maximum Gasteiger partial charge on any atom is 0.323 e. The Kier molecular flexibility index (Phi) is 16.1. The van der Waals surface area contributed by atoms with Crippen LogP contribution in [0.4, 0.5) is 0 Å². The van der Waals surface area contributed by atoms with Crippen LogP contribution in [0.5, 0.6) is 11.5 Å². The van der Waals surface area contributed by atoms with Crippen molar-refractivity contribution in [3.63, 3.8) is 0 Å². The smallest absolute Gasteiger partial charge is 0.323 e. The lowest BCUT2D eigenvalue weighted by Gasteiger charge is -2.38. The average molecular weight is 645 g/mol. The van der Waals surface area contributed by atoms with E-state index in [9.17, 15) is 9.59 Å². The van der Waals surface area contributed by atoms with Gasteiger partial charge in [0.25, 0.3) is 0 Å². The fourth-order valence-corrected chi connectivity index (χ4v) is 6.51. The van der Waals surface area contributed by atoms with Crippen LogP contribution in [0.25, 0.3) is 0 Å². The van der Waals surface area contributed by atoms with E-state index in [1.807, 2.05) is 20.8 Å². The zero-order chi connectivity index (χ0) is 34.7. The summed E-state index contributed by atoms with van der Waals surface area (Å²) in [6.45, 7) is 25.4. The van der Waals surface area contributed by atoms with Crippen LogP contribution in [-0.2, 0) is 25.5 Å². The van der Waals surface area contributed by atoms with E-state index in [2.05, 4.69) is 41.5 Å². The first kappa shape index (κ1) is 40.1. The predicted molar refractivity (Wildman–Crippen MR) is 189 cm³/mol. The summed E-state index contributed by atoms with van der Waals surface area (Å²) in [5.41, 5.74) is 2.66. The Morgan fingerprint density at radius 1 is 0.848 bits per heavy atom. The third-order valence-corrected chi connectivity index (χ3v) is 10.2. The van der Waals surface area contributed by atoms with Crippen molar-refractivity contribution in [2.75, 3.05) is 19.8 Å². The first-order valence-electron chi connectivity index (χ1n) is 18.3. The van der Waals surface area contributed by atoms with Gasteiger partial charge in [0.2, 0.25) is 0 Å². The maximum atomic E-state index is 13.6. The molecular weight excluding hydrogens is 576 g/mol. The van der Waals surface area contributed by atoms with Gasteiger partial charge in [0.15, 0.2) is 0 Å². The molecule has 0 fully saturated rings. The van der Waals surface area contributed by atoms with Crippen LogP contribution >= 0.6 is 0 Å². The normalized spacial score (nSPS) is 18.9. The summed E-state index contributed by atoms with van der Waals surface area (Å²) in [5.74, 6) is 2.84. The summed E-state index contributed by atoms with van der Waals surface area (Å²) in [5, 5.41) is 0. The zero-order valence-electron chi connectivity index (χ0n) is 31.7. The molecule has 1 unspecified atom stereocenters. The van der Waals surface area contributed by atoms with Crippen molar-refractivity contribution in [3.8, 4) is 11.5 Å². The van der Waals surface area contributed by atoms with Crippen LogP contribution in [-0.4, -0.2) is 37.4 Å². The lowest BCUT2D eigenvalue weighted by atomic mass is 9.83. The molecule has 0 aliphatic carbocycles. The van der Waals surface area contributed by atoms with E-state index in [4.69, 9.17) is 18.9 Å². The Morgan fingerprint density at radius 3 is 2.00 bits per heavy atom. The van der Waals surface area contributed by atoms with E-state index in [-0.39, 0.29) is 30.7 Å². The van der Waals surface area contributed by atoms with Gasteiger partial charge in [-0.25, -0.2) is 0 Å². The van der Waals surface area contributed by atoms with Crippen molar-refractivity contribution >= 4 is 11.9 Å². The minimum atomic E-state index is -1.12. The number of fused-ring (bicyclic) bond motifs is 1. The minimum absolute atomic E-state index is 0.0947. The van der Waals surface area contributed by atoms with Gasteiger partial charge in [0, 0.05) is 12.2 Å². The third-order valence-electron chi connectivity index (χ3n) is 10.2. The second kappa shape index (κ2) is 18.5. The van der Waals surface area contributed by atoms with Crippen LogP contribution in [0, 0.1) is 49.9 Å². The van der Waals surface area contributed by atoms with Crippen molar-refractivity contribution in [1.82, 2.24) is 0 Å². The number of rotatable bonds is 20.